The summed E-state index contributed by atoms with van der Waals surface area (Å²) in [6, 6.07) is 6.39. The van der Waals surface area contributed by atoms with Gasteiger partial charge >= 0.3 is 6.18 Å². The summed E-state index contributed by atoms with van der Waals surface area (Å²) in [5.74, 6) is 2.26. The normalized spacial score (nSPS) is 25.2. The lowest BCUT2D eigenvalue weighted by Gasteiger charge is -2.28. The largest absolute Gasteiger partial charge is 0.494 e. The van der Waals surface area contributed by atoms with Crippen molar-refractivity contribution < 1.29 is 22.6 Å². The van der Waals surface area contributed by atoms with Crippen molar-refractivity contribution in [1.29, 1.82) is 0 Å². The van der Waals surface area contributed by atoms with Gasteiger partial charge in [0, 0.05) is 44.5 Å². The number of benzene rings is 1. The molecule has 1 aromatic carbocycles. The lowest BCUT2D eigenvalue weighted by Crippen LogP contribution is -2.32. The van der Waals surface area contributed by atoms with Crippen LogP contribution in [0.3, 0.4) is 0 Å². The number of nitrogens with one attached hydrogen (secondary N) is 1. The van der Waals surface area contributed by atoms with E-state index in [9.17, 15) is 13.2 Å². The molecule has 1 N–H and O–H groups in total. The molecule has 196 valence electrons. The Bertz CT molecular complexity index is 1040. The van der Waals surface area contributed by atoms with Crippen molar-refractivity contribution in [2.24, 2.45) is 17.8 Å². The topological polar surface area (TPSA) is 59.5 Å². The summed E-state index contributed by atoms with van der Waals surface area (Å²) in [4.78, 5) is 2.55. The van der Waals surface area contributed by atoms with Crippen molar-refractivity contribution in [1.82, 2.24) is 15.1 Å². The fourth-order valence-corrected chi connectivity index (χ4v) is 6.18. The molecule has 1 aliphatic carbocycles. The Morgan fingerprint density at radius 1 is 1.08 bits per heavy atom. The van der Waals surface area contributed by atoms with Crippen molar-refractivity contribution in [2.45, 2.75) is 51.7 Å². The van der Waals surface area contributed by atoms with Crippen molar-refractivity contribution in [3.05, 3.63) is 35.4 Å². The second-order valence-corrected chi connectivity index (χ2v) is 10.5. The van der Waals surface area contributed by atoms with E-state index in [0.717, 1.165) is 70.2 Å². The van der Waals surface area contributed by atoms with Gasteiger partial charge in [0.25, 0.3) is 0 Å². The number of fused-ring (bicyclic) bond motifs is 1. The van der Waals surface area contributed by atoms with E-state index < -0.39 is 11.7 Å². The van der Waals surface area contributed by atoms with E-state index in [4.69, 9.17) is 9.47 Å². The molecule has 9 heteroatoms. The number of aryl methyl sites for hydroxylation is 1. The number of anilines is 1. The summed E-state index contributed by atoms with van der Waals surface area (Å²) in [5, 5.41) is 11.3. The molecule has 2 aliphatic heterocycles. The summed E-state index contributed by atoms with van der Waals surface area (Å²) < 4.78 is 53.1. The molecule has 1 aromatic heterocycles. The predicted molar refractivity (Wildman–Crippen MR) is 132 cm³/mol. The van der Waals surface area contributed by atoms with Gasteiger partial charge in [-0.05, 0) is 87.1 Å². The monoisotopic (exact) mass is 504 g/mol. The van der Waals surface area contributed by atoms with Gasteiger partial charge < -0.3 is 19.7 Å². The third-order valence-corrected chi connectivity index (χ3v) is 7.91. The Labute approximate surface area is 210 Å². The van der Waals surface area contributed by atoms with Crippen LogP contribution in [0.2, 0.25) is 0 Å². The lowest BCUT2D eigenvalue weighted by atomic mass is 10.00. The second-order valence-electron chi connectivity index (χ2n) is 10.5. The Morgan fingerprint density at radius 2 is 1.81 bits per heavy atom. The van der Waals surface area contributed by atoms with E-state index in [1.807, 2.05) is 19.9 Å². The molecular formula is C27H35F3N4O2. The first-order chi connectivity index (χ1) is 17.3. The highest BCUT2D eigenvalue weighted by molar-refractivity contribution is 5.66. The summed E-state index contributed by atoms with van der Waals surface area (Å²) in [7, 11) is 0. The van der Waals surface area contributed by atoms with Crippen LogP contribution in [0, 0.1) is 24.7 Å². The Balaban J connectivity index is 1.26. The molecule has 36 heavy (non-hydrogen) atoms. The summed E-state index contributed by atoms with van der Waals surface area (Å²) in [5.41, 5.74) is 0.848. The van der Waals surface area contributed by atoms with Gasteiger partial charge in [0.15, 0.2) is 5.82 Å². The molecule has 3 heterocycles. The molecule has 0 bridgehead atoms. The van der Waals surface area contributed by atoms with Crippen LogP contribution >= 0.6 is 0 Å². The SMILES string of the molecule is CCOc1ccc(-c2cc(C(F)(F)F)c(N[C@H]3C[C@@H]4CN(CC5CCOCC5)C[C@@H]4C3)nn2)c(C)c1. The van der Waals surface area contributed by atoms with Gasteiger partial charge in [0.2, 0.25) is 0 Å². The highest BCUT2D eigenvalue weighted by Crippen LogP contribution is 2.42. The molecule has 3 atom stereocenters. The Kier molecular flexibility index (Phi) is 7.40. The number of hydrogen-bond acceptors (Lipinski definition) is 6. The highest BCUT2D eigenvalue weighted by atomic mass is 19.4. The highest BCUT2D eigenvalue weighted by Gasteiger charge is 2.43. The van der Waals surface area contributed by atoms with Gasteiger partial charge in [-0.2, -0.15) is 13.2 Å². The average Bonchev–Trinajstić information content (AvgIpc) is 3.38. The third-order valence-electron chi connectivity index (χ3n) is 7.91. The molecule has 3 aliphatic rings. The van der Waals surface area contributed by atoms with E-state index in [-0.39, 0.29) is 17.6 Å². The molecule has 0 unspecified atom stereocenters. The number of nitrogens with zero attached hydrogens (tertiary/aromatic N) is 3. The van der Waals surface area contributed by atoms with Crippen molar-refractivity contribution in [3.8, 4) is 17.0 Å². The van der Waals surface area contributed by atoms with Crippen LogP contribution in [-0.4, -0.2) is 60.6 Å². The number of likely N-dealkylation sites (tertiary alicyclic amines) is 1. The molecule has 0 spiro atoms. The first-order valence-corrected chi connectivity index (χ1v) is 13.1. The van der Waals surface area contributed by atoms with Gasteiger partial charge in [-0.1, -0.05) is 0 Å². The molecule has 5 rings (SSSR count). The van der Waals surface area contributed by atoms with Gasteiger partial charge in [0.05, 0.1) is 12.3 Å². The van der Waals surface area contributed by atoms with Gasteiger partial charge in [-0.3, -0.25) is 0 Å². The van der Waals surface area contributed by atoms with Crippen LogP contribution in [0.4, 0.5) is 19.0 Å². The lowest BCUT2D eigenvalue weighted by molar-refractivity contribution is -0.137. The van der Waals surface area contributed by atoms with Crippen molar-refractivity contribution in [3.63, 3.8) is 0 Å². The van der Waals surface area contributed by atoms with Gasteiger partial charge in [-0.25, -0.2) is 0 Å². The number of ether oxygens (including phenoxy) is 2. The fraction of sp³-hybridized carbons (Fsp3) is 0.630. The molecule has 2 aromatic rings. The van der Waals surface area contributed by atoms with E-state index >= 15 is 0 Å². The summed E-state index contributed by atoms with van der Waals surface area (Å²) in [6.45, 7) is 9.15. The van der Waals surface area contributed by atoms with Crippen LogP contribution in [-0.2, 0) is 10.9 Å². The fourth-order valence-electron chi connectivity index (χ4n) is 6.18. The van der Waals surface area contributed by atoms with Crippen LogP contribution in [0.1, 0.15) is 43.7 Å². The van der Waals surface area contributed by atoms with E-state index in [2.05, 4.69) is 20.4 Å². The van der Waals surface area contributed by atoms with Crippen molar-refractivity contribution >= 4 is 5.82 Å². The summed E-state index contributed by atoms with van der Waals surface area (Å²) >= 11 is 0. The maximum absolute atomic E-state index is 14.0. The maximum Gasteiger partial charge on any atom is 0.420 e. The molecule has 0 amide bonds. The molecule has 0 radical (unpaired) electrons. The zero-order chi connectivity index (χ0) is 25.3. The zero-order valence-corrected chi connectivity index (χ0v) is 21.0. The molecule has 1 saturated carbocycles. The number of rotatable bonds is 7. The number of halogens is 3. The maximum atomic E-state index is 14.0. The van der Waals surface area contributed by atoms with Crippen LogP contribution in [0.15, 0.2) is 24.3 Å². The molecule has 6 nitrogen and oxygen atoms in total. The molecule has 3 fully saturated rings. The van der Waals surface area contributed by atoms with E-state index in [0.29, 0.717) is 35.7 Å². The van der Waals surface area contributed by atoms with Gasteiger partial charge in [-0.15, -0.1) is 10.2 Å². The van der Waals surface area contributed by atoms with E-state index in [1.54, 1.807) is 12.1 Å². The molecule has 2 saturated heterocycles. The summed E-state index contributed by atoms with van der Waals surface area (Å²) in [6.07, 6.45) is -0.537. The van der Waals surface area contributed by atoms with Crippen LogP contribution in [0.25, 0.3) is 11.3 Å². The molecular weight excluding hydrogens is 469 g/mol. The first kappa shape index (κ1) is 25.3. The van der Waals surface area contributed by atoms with Crippen LogP contribution < -0.4 is 10.1 Å². The average molecular weight is 505 g/mol. The van der Waals surface area contributed by atoms with E-state index in [1.165, 1.54) is 0 Å². The number of alkyl halides is 3. The quantitative estimate of drug-likeness (QED) is 0.544. The van der Waals surface area contributed by atoms with Crippen LogP contribution in [0.5, 0.6) is 5.75 Å². The first-order valence-electron chi connectivity index (χ1n) is 13.1. The minimum Gasteiger partial charge on any atom is -0.494 e. The van der Waals surface area contributed by atoms with Crippen molar-refractivity contribution in [2.75, 3.05) is 44.8 Å². The minimum absolute atomic E-state index is 0.0151. The zero-order valence-electron chi connectivity index (χ0n) is 21.0. The number of aromatic nitrogens is 2. The standard InChI is InChI=1S/C27H35F3N4O2/c1-3-36-22-4-5-23(17(2)10-22)25-13-24(27(28,29)30)26(33-32-25)31-21-11-19-15-34(16-20(19)12-21)14-18-6-8-35-9-7-18/h4-5,10,13,18-21H,3,6-9,11-12,14-16H2,1-2H3,(H,31,33)/t19-,20+,21+. The van der Waals surface area contributed by atoms with Gasteiger partial charge in [0.1, 0.15) is 11.3 Å². The predicted octanol–water partition coefficient (Wildman–Crippen LogP) is 5.42. The third kappa shape index (κ3) is 5.62. The minimum atomic E-state index is -4.53. The number of hydrogen-bond donors (Lipinski definition) is 1. The second kappa shape index (κ2) is 10.5. The smallest absolute Gasteiger partial charge is 0.420 e. The Hall–Kier alpha value is -2.39. The Morgan fingerprint density at radius 3 is 2.44 bits per heavy atom.